The molecule has 1 fully saturated rings. The first-order valence-electron chi connectivity index (χ1n) is 7.85. The van der Waals surface area contributed by atoms with Crippen LogP contribution in [0.1, 0.15) is 50.6 Å². The highest BCUT2D eigenvalue weighted by atomic mass is 15.5. The molecule has 0 saturated heterocycles. The Labute approximate surface area is 125 Å². The second-order valence-corrected chi connectivity index (χ2v) is 6.04. The maximum absolute atomic E-state index is 5.91. The molecule has 2 aromatic rings. The molecule has 0 aliphatic heterocycles. The molecule has 1 aromatic carbocycles. The number of benzene rings is 1. The van der Waals surface area contributed by atoms with E-state index in [1.807, 2.05) is 23.7 Å². The van der Waals surface area contributed by atoms with E-state index in [2.05, 4.69) is 28.5 Å². The molecule has 2 atom stereocenters. The van der Waals surface area contributed by atoms with Gasteiger partial charge in [0.2, 0.25) is 0 Å². The summed E-state index contributed by atoms with van der Waals surface area (Å²) in [5.41, 5.74) is 8.83. The Morgan fingerprint density at radius 3 is 2.86 bits per heavy atom. The Morgan fingerprint density at radius 2 is 2.10 bits per heavy atom. The summed E-state index contributed by atoms with van der Waals surface area (Å²) >= 11 is 0. The van der Waals surface area contributed by atoms with Crippen molar-refractivity contribution in [1.82, 2.24) is 20.2 Å². The predicted octanol–water partition coefficient (Wildman–Crippen LogP) is 3.37. The molecule has 1 heterocycles. The highest BCUT2D eigenvalue weighted by molar-refractivity contribution is 5.61. The van der Waals surface area contributed by atoms with Crippen molar-refractivity contribution in [3.8, 4) is 11.4 Å². The fraction of sp³-hybridized carbons (Fsp3) is 0.562. The third kappa shape index (κ3) is 2.64. The lowest BCUT2D eigenvalue weighted by atomic mass is 9.83. The molecule has 2 unspecified atom stereocenters. The van der Waals surface area contributed by atoms with E-state index in [-0.39, 0.29) is 0 Å². The highest BCUT2D eigenvalue weighted by Gasteiger charge is 2.28. The van der Waals surface area contributed by atoms with Crippen LogP contribution in [0.4, 0.5) is 5.69 Å². The molecule has 21 heavy (non-hydrogen) atoms. The maximum Gasteiger partial charge on any atom is 0.182 e. The fourth-order valence-electron chi connectivity index (χ4n) is 3.41. The van der Waals surface area contributed by atoms with Crippen LogP contribution in [0, 0.1) is 12.8 Å². The molecular formula is C16H23N5. The fourth-order valence-corrected chi connectivity index (χ4v) is 3.41. The summed E-state index contributed by atoms with van der Waals surface area (Å²) in [5.74, 6) is 1.54. The Morgan fingerprint density at radius 1 is 1.29 bits per heavy atom. The van der Waals surface area contributed by atoms with E-state index in [1.54, 1.807) is 0 Å². The van der Waals surface area contributed by atoms with Crippen LogP contribution in [-0.2, 0) is 0 Å². The number of tetrazole rings is 1. The number of aromatic nitrogens is 4. The van der Waals surface area contributed by atoms with Crippen molar-refractivity contribution < 1.29 is 0 Å². The van der Waals surface area contributed by atoms with Gasteiger partial charge in [-0.05, 0) is 59.9 Å². The standard InChI is InChI=1S/C16H23N5/c1-3-12-6-4-5-7-15(12)21-16(18-19-20-21)13-8-9-14(17)11(2)10-13/h8-10,12,15H,3-7,17H2,1-2H3. The number of hydrogen-bond donors (Lipinski definition) is 1. The van der Waals surface area contributed by atoms with E-state index in [4.69, 9.17) is 5.73 Å². The molecule has 0 spiro atoms. The number of hydrogen-bond acceptors (Lipinski definition) is 4. The molecular weight excluding hydrogens is 262 g/mol. The van der Waals surface area contributed by atoms with Gasteiger partial charge in [-0.25, -0.2) is 4.68 Å². The normalized spacial score (nSPS) is 22.4. The number of nitrogens with two attached hydrogens (primary N) is 1. The third-order valence-electron chi connectivity index (χ3n) is 4.73. The van der Waals surface area contributed by atoms with E-state index in [0.29, 0.717) is 12.0 Å². The Kier molecular flexibility index (Phi) is 3.90. The van der Waals surface area contributed by atoms with Crippen molar-refractivity contribution in [3.63, 3.8) is 0 Å². The van der Waals surface area contributed by atoms with Crippen molar-refractivity contribution in [2.75, 3.05) is 5.73 Å². The minimum absolute atomic E-state index is 0.423. The van der Waals surface area contributed by atoms with E-state index < -0.39 is 0 Å². The highest BCUT2D eigenvalue weighted by Crippen LogP contribution is 2.37. The lowest BCUT2D eigenvalue weighted by Gasteiger charge is -2.31. The van der Waals surface area contributed by atoms with Crippen LogP contribution >= 0.6 is 0 Å². The SMILES string of the molecule is CCC1CCCCC1n1nnnc1-c1ccc(N)c(C)c1. The first-order valence-corrected chi connectivity index (χ1v) is 7.85. The summed E-state index contributed by atoms with van der Waals surface area (Å²) < 4.78 is 2.04. The topological polar surface area (TPSA) is 69.6 Å². The van der Waals surface area contributed by atoms with Crippen LogP contribution in [0.25, 0.3) is 11.4 Å². The summed E-state index contributed by atoms with van der Waals surface area (Å²) in [7, 11) is 0. The van der Waals surface area contributed by atoms with Gasteiger partial charge in [-0.3, -0.25) is 0 Å². The largest absolute Gasteiger partial charge is 0.399 e. The van der Waals surface area contributed by atoms with Crippen molar-refractivity contribution >= 4 is 5.69 Å². The Balaban J connectivity index is 1.98. The minimum Gasteiger partial charge on any atom is -0.399 e. The smallest absolute Gasteiger partial charge is 0.182 e. The molecule has 0 bridgehead atoms. The first kappa shape index (κ1) is 14.0. The van der Waals surface area contributed by atoms with E-state index in [9.17, 15) is 0 Å². The summed E-state index contributed by atoms with van der Waals surface area (Å²) in [5, 5.41) is 12.5. The van der Waals surface area contributed by atoms with Gasteiger partial charge in [0.05, 0.1) is 6.04 Å². The second kappa shape index (κ2) is 5.84. The Bertz CT molecular complexity index is 619. The van der Waals surface area contributed by atoms with Gasteiger partial charge >= 0.3 is 0 Å². The molecule has 5 nitrogen and oxygen atoms in total. The predicted molar refractivity (Wildman–Crippen MR) is 83.7 cm³/mol. The molecule has 0 amide bonds. The van der Waals surface area contributed by atoms with Crippen molar-refractivity contribution in [3.05, 3.63) is 23.8 Å². The van der Waals surface area contributed by atoms with Gasteiger partial charge in [0.15, 0.2) is 5.82 Å². The summed E-state index contributed by atoms with van der Waals surface area (Å²) in [6.07, 6.45) is 6.23. The summed E-state index contributed by atoms with van der Waals surface area (Å²) in [6, 6.07) is 6.43. The molecule has 0 radical (unpaired) electrons. The number of aryl methyl sites for hydroxylation is 1. The number of nitrogen functional groups attached to an aromatic ring is 1. The second-order valence-electron chi connectivity index (χ2n) is 6.04. The van der Waals surface area contributed by atoms with Gasteiger partial charge in [-0.1, -0.05) is 26.2 Å². The van der Waals surface area contributed by atoms with Crippen LogP contribution in [0.15, 0.2) is 18.2 Å². The molecule has 5 heteroatoms. The molecule has 3 rings (SSSR count). The molecule has 1 aliphatic rings. The molecule has 112 valence electrons. The van der Waals surface area contributed by atoms with Gasteiger partial charge in [0, 0.05) is 11.3 Å². The summed E-state index contributed by atoms with van der Waals surface area (Å²) in [6.45, 7) is 4.28. The molecule has 1 saturated carbocycles. The third-order valence-corrected chi connectivity index (χ3v) is 4.73. The Hall–Kier alpha value is -1.91. The average Bonchev–Trinajstić information content (AvgIpc) is 2.99. The zero-order chi connectivity index (χ0) is 14.8. The quantitative estimate of drug-likeness (QED) is 0.878. The van der Waals surface area contributed by atoms with Gasteiger partial charge < -0.3 is 5.73 Å². The van der Waals surface area contributed by atoms with Crippen LogP contribution in [-0.4, -0.2) is 20.2 Å². The number of nitrogens with zero attached hydrogens (tertiary/aromatic N) is 4. The van der Waals surface area contributed by atoms with Crippen molar-refractivity contribution in [2.45, 2.75) is 52.0 Å². The maximum atomic E-state index is 5.91. The van der Waals surface area contributed by atoms with Crippen molar-refractivity contribution in [1.29, 1.82) is 0 Å². The van der Waals surface area contributed by atoms with E-state index >= 15 is 0 Å². The van der Waals surface area contributed by atoms with Gasteiger partial charge in [0.1, 0.15) is 0 Å². The number of anilines is 1. The number of rotatable bonds is 3. The van der Waals surface area contributed by atoms with Crippen molar-refractivity contribution in [2.24, 2.45) is 5.92 Å². The molecule has 1 aliphatic carbocycles. The van der Waals surface area contributed by atoms with Crippen LogP contribution in [0.5, 0.6) is 0 Å². The average molecular weight is 285 g/mol. The monoisotopic (exact) mass is 285 g/mol. The van der Waals surface area contributed by atoms with Gasteiger partial charge in [-0.15, -0.1) is 5.10 Å². The zero-order valence-electron chi connectivity index (χ0n) is 12.8. The lowest BCUT2D eigenvalue weighted by Crippen LogP contribution is -2.24. The minimum atomic E-state index is 0.423. The molecule has 1 aromatic heterocycles. The van der Waals surface area contributed by atoms with E-state index in [0.717, 1.165) is 22.6 Å². The van der Waals surface area contributed by atoms with Crippen LogP contribution in [0.3, 0.4) is 0 Å². The summed E-state index contributed by atoms with van der Waals surface area (Å²) in [4.78, 5) is 0. The van der Waals surface area contributed by atoms with E-state index in [1.165, 1.54) is 32.1 Å². The van der Waals surface area contributed by atoms with Crippen LogP contribution in [0.2, 0.25) is 0 Å². The van der Waals surface area contributed by atoms with Gasteiger partial charge in [0.25, 0.3) is 0 Å². The zero-order valence-corrected chi connectivity index (χ0v) is 12.8. The lowest BCUT2D eigenvalue weighted by molar-refractivity contribution is 0.216. The molecule has 2 N–H and O–H groups in total. The van der Waals surface area contributed by atoms with Gasteiger partial charge in [-0.2, -0.15) is 0 Å². The van der Waals surface area contributed by atoms with Crippen LogP contribution < -0.4 is 5.73 Å². The first-order chi connectivity index (χ1) is 10.2.